The van der Waals surface area contributed by atoms with E-state index < -0.39 is 5.41 Å². The van der Waals surface area contributed by atoms with Crippen molar-refractivity contribution in [3.8, 4) is 91.6 Å². The summed E-state index contributed by atoms with van der Waals surface area (Å²) in [5.41, 5.74) is 13.6. The molecule has 0 atom stereocenters. The SMILES string of the molecule is O=C(Nc1ccc(Oc2ccc(C3(c4ccc(Oc5ccc(NC(=O)c6ccc(O)c(C#Cc7ccccc7)c6)cc5)c(-c5ccccc5)c4)c4ccccc4-c4ccccc43)cc2-c2ccccc2)cc1)c1ccc(O)c(C#Cc2ccccc2)c1. The fourth-order valence-electron chi connectivity index (χ4n) is 11.2. The maximum Gasteiger partial charge on any atom is 0.255 e. The van der Waals surface area contributed by atoms with Crippen LogP contribution < -0.4 is 20.1 Å². The van der Waals surface area contributed by atoms with Gasteiger partial charge in [0.05, 0.1) is 16.5 Å². The number of hydrogen-bond acceptors (Lipinski definition) is 6. The van der Waals surface area contributed by atoms with Gasteiger partial charge >= 0.3 is 0 Å². The lowest BCUT2D eigenvalue weighted by Gasteiger charge is -2.35. The van der Waals surface area contributed by atoms with Gasteiger partial charge in [0.15, 0.2) is 0 Å². The summed E-state index contributed by atoms with van der Waals surface area (Å²) >= 11 is 0. The monoisotopic (exact) mass is 1120 g/mol. The number of phenolic OH excluding ortho intramolecular Hbond substituents is 2. The Morgan fingerprint density at radius 2 is 0.713 bits per heavy atom. The first-order valence-corrected chi connectivity index (χ1v) is 28.3. The summed E-state index contributed by atoms with van der Waals surface area (Å²) in [5.74, 6) is 13.8. The van der Waals surface area contributed by atoms with Crippen molar-refractivity contribution < 1.29 is 29.3 Å². The van der Waals surface area contributed by atoms with Gasteiger partial charge in [0, 0.05) is 44.8 Å². The molecule has 0 saturated carbocycles. The van der Waals surface area contributed by atoms with E-state index in [9.17, 15) is 19.8 Å². The molecule has 8 nitrogen and oxygen atoms in total. The number of ether oxygens (including phenoxy) is 2. The maximum absolute atomic E-state index is 13.6. The Morgan fingerprint density at radius 3 is 1.11 bits per heavy atom. The second kappa shape index (κ2) is 24.0. The predicted octanol–water partition coefficient (Wildman–Crippen LogP) is 17.7. The minimum Gasteiger partial charge on any atom is -0.507 e. The molecule has 12 aromatic rings. The van der Waals surface area contributed by atoms with Gasteiger partial charge in [0.25, 0.3) is 11.8 Å². The molecule has 0 spiro atoms. The molecule has 0 radical (unpaired) electrons. The zero-order valence-corrected chi connectivity index (χ0v) is 46.7. The maximum atomic E-state index is 13.6. The Labute approximate surface area is 504 Å². The van der Waals surface area contributed by atoms with E-state index in [-0.39, 0.29) is 23.3 Å². The van der Waals surface area contributed by atoms with Crippen molar-refractivity contribution in [3.63, 3.8) is 0 Å². The van der Waals surface area contributed by atoms with Crippen LogP contribution in [0.4, 0.5) is 11.4 Å². The van der Waals surface area contributed by atoms with Gasteiger partial charge < -0.3 is 30.3 Å². The van der Waals surface area contributed by atoms with Gasteiger partial charge in [-0.15, -0.1) is 0 Å². The number of carbonyl (C=O) groups excluding carboxylic acids is 2. The van der Waals surface area contributed by atoms with Gasteiger partial charge in [-0.2, -0.15) is 0 Å². The van der Waals surface area contributed by atoms with Crippen molar-refractivity contribution in [1.82, 2.24) is 0 Å². The fraction of sp³-hybridized carbons (Fsp3) is 0.0127. The van der Waals surface area contributed by atoms with Crippen molar-refractivity contribution in [2.45, 2.75) is 5.41 Å². The third-order valence-corrected chi connectivity index (χ3v) is 15.4. The topological polar surface area (TPSA) is 117 Å². The summed E-state index contributed by atoms with van der Waals surface area (Å²) in [7, 11) is 0. The van der Waals surface area contributed by atoms with E-state index in [0.717, 1.165) is 66.8 Å². The van der Waals surface area contributed by atoms with Crippen molar-refractivity contribution in [3.05, 3.63) is 347 Å². The highest BCUT2D eigenvalue weighted by atomic mass is 16.5. The van der Waals surface area contributed by atoms with Crippen LogP contribution in [0.25, 0.3) is 33.4 Å². The van der Waals surface area contributed by atoms with E-state index in [1.807, 2.05) is 133 Å². The number of aromatic hydroxyl groups is 2. The molecule has 0 bridgehead atoms. The van der Waals surface area contributed by atoms with Crippen LogP contribution in [0.1, 0.15) is 65.2 Å². The van der Waals surface area contributed by atoms with Crippen LogP contribution in [0.5, 0.6) is 34.5 Å². The lowest BCUT2D eigenvalue weighted by atomic mass is 9.67. The van der Waals surface area contributed by atoms with Gasteiger partial charge in [0.1, 0.15) is 34.5 Å². The quantitative estimate of drug-likeness (QED) is 0.0906. The first-order valence-electron chi connectivity index (χ1n) is 28.3. The van der Waals surface area contributed by atoms with Gasteiger partial charge in [-0.25, -0.2) is 0 Å². The first-order chi connectivity index (χ1) is 42.7. The summed E-state index contributed by atoms with van der Waals surface area (Å²) in [5, 5.41) is 27.1. The molecule has 0 saturated heterocycles. The number of anilines is 2. The summed E-state index contributed by atoms with van der Waals surface area (Å²) < 4.78 is 13.6. The smallest absolute Gasteiger partial charge is 0.255 e. The zero-order valence-electron chi connectivity index (χ0n) is 46.7. The van der Waals surface area contributed by atoms with Crippen LogP contribution in [0.2, 0.25) is 0 Å². The third-order valence-electron chi connectivity index (χ3n) is 15.4. The van der Waals surface area contributed by atoms with Crippen LogP contribution in [0.15, 0.2) is 291 Å². The normalized spacial score (nSPS) is 11.5. The highest BCUT2D eigenvalue weighted by molar-refractivity contribution is 6.05. The molecule has 13 rings (SSSR count). The van der Waals surface area contributed by atoms with E-state index in [1.54, 1.807) is 48.5 Å². The number of rotatable bonds is 12. The fourth-order valence-corrected chi connectivity index (χ4v) is 11.2. The number of hydrogen-bond donors (Lipinski definition) is 4. The number of carbonyl (C=O) groups is 2. The Balaban J connectivity index is 0.819. The predicted molar refractivity (Wildman–Crippen MR) is 345 cm³/mol. The Kier molecular flexibility index (Phi) is 14.9. The molecule has 0 aliphatic heterocycles. The first kappa shape index (κ1) is 54.2. The number of phenols is 2. The molecule has 8 heteroatoms. The van der Waals surface area contributed by atoms with E-state index in [1.165, 1.54) is 12.1 Å². The van der Waals surface area contributed by atoms with Crippen LogP contribution in [-0.2, 0) is 5.41 Å². The minimum atomic E-state index is -0.823. The molecule has 87 heavy (non-hydrogen) atoms. The highest BCUT2D eigenvalue weighted by Crippen LogP contribution is 2.58. The number of benzene rings is 12. The number of amides is 2. The average Bonchev–Trinajstić information content (AvgIpc) is 1.58. The summed E-state index contributed by atoms with van der Waals surface area (Å²) in [6, 6.07) is 93.4. The molecule has 1 aliphatic rings. The number of nitrogens with one attached hydrogen (secondary N) is 2. The summed E-state index contributed by atoms with van der Waals surface area (Å²) in [4.78, 5) is 27.1. The van der Waals surface area contributed by atoms with Crippen LogP contribution in [0, 0.1) is 23.7 Å². The van der Waals surface area contributed by atoms with Gasteiger partial charge in [0.2, 0.25) is 0 Å². The minimum absolute atomic E-state index is 0.00863. The van der Waals surface area contributed by atoms with E-state index in [2.05, 4.69) is 131 Å². The van der Waals surface area contributed by atoms with E-state index in [0.29, 0.717) is 56.6 Å². The van der Waals surface area contributed by atoms with Crippen molar-refractivity contribution in [2.75, 3.05) is 10.6 Å². The molecular formula is C79H52N2O6. The van der Waals surface area contributed by atoms with Gasteiger partial charge in [-0.3, -0.25) is 9.59 Å². The lowest BCUT2D eigenvalue weighted by molar-refractivity contribution is 0.101. The Hall–Kier alpha value is -12.1. The van der Waals surface area contributed by atoms with E-state index in [4.69, 9.17) is 9.47 Å². The zero-order chi connectivity index (χ0) is 59.1. The largest absolute Gasteiger partial charge is 0.507 e. The molecular weight excluding hydrogens is 1070 g/mol. The second-order valence-corrected chi connectivity index (χ2v) is 20.9. The van der Waals surface area contributed by atoms with Crippen molar-refractivity contribution >= 4 is 23.2 Å². The molecule has 0 fully saturated rings. The molecule has 4 N–H and O–H groups in total. The number of fused-ring (bicyclic) bond motifs is 3. The van der Waals surface area contributed by atoms with Crippen molar-refractivity contribution in [1.29, 1.82) is 0 Å². The molecule has 0 aromatic heterocycles. The van der Waals surface area contributed by atoms with Crippen LogP contribution in [0.3, 0.4) is 0 Å². The molecule has 1 aliphatic carbocycles. The Morgan fingerprint density at radius 1 is 0.345 bits per heavy atom. The standard InChI is InChI=1S/C79H52N2O6/c82-73-45-33-59(49-57(73)31-29-53-17-5-1-6-18-53)77(84)80-63-37-41-65(42-38-63)86-75-47-35-61(51-69(75)55-21-9-3-10-22-55)79(71-27-15-13-25-67(71)68-26-14-16-28-72(68)79)62-36-48-76(70(52-62)56-23-11-4-12-24-56)87-66-43-39-64(40-44-66)81-78(85)60-34-46-74(83)58(50-60)32-30-54-19-7-2-8-20-54/h1-28,33-52,82-83H,(H,80,84)(H,81,85). The van der Waals surface area contributed by atoms with Crippen molar-refractivity contribution in [2.24, 2.45) is 0 Å². The molecule has 12 aromatic carbocycles. The molecule has 2 amide bonds. The Bertz CT molecular complexity index is 4380. The van der Waals surface area contributed by atoms with Gasteiger partial charge in [-0.1, -0.05) is 181 Å². The molecule has 0 heterocycles. The average molecular weight is 1130 g/mol. The summed E-state index contributed by atoms with van der Waals surface area (Å²) in [6.07, 6.45) is 0. The van der Waals surface area contributed by atoms with Crippen LogP contribution >= 0.6 is 0 Å². The second-order valence-electron chi connectivity index (χ2n) is 20.9. The molecule has 414 valence electrons. The summed E-state index contributed by atoms with van der Waals surface area (Å²) in [6.45, 7) is 0. The van der Waals surface area contributed by atoms with E-state index >= 15 is 0 Å². The highest BCUT2D eigenvalue weighted by Gasteiger charge is 2.46. The van der Waals surface area contributed by atoms with Crippen LogP contribution in [-0.4, -0.2) is 22.0 Å². The third kappa shape index (κ3) is 11.3. The lowest BCUT2D eigenvalue weighted by Crippen LogP contribution is -2.28. The molecule has 0 unspecified atom stereocenters. The van der Waals surface area contributed by atoms with Gasteiger partial charge in [-0.05, 0) is 178 Å².